The topological polar surface area (TPSA) is 12.5 Å². The highest BCUT2D eigenvalue weighted by molar-refractivity contribution is 5.40. The molecule has 140 valence electrons. The molecule has 6 rings (SSSR count). The van der Waals surface area contributed by atoms with Crippen molar-refractivity contribution in [1.82, 2.24) is 4.90 Å². The van der Waals surface area contributed by atoms with Crippen molar-refractivity contribution in [2.45, 2.75) is 75.3 Å². The summed E-state index contributed by atoms with van der Waals surface area (Å²) in [5, 5.41) is 0. The molecule has 2 saturated heterocycles. The van der Waals surface area contributed by atoms with Gasteiger partial charge in [-0.15, -0.1) is 0 Å². The predicted molar refractivity (Wildman–Crippen MR) is 104 cm³/mol. The van der Waals surface area contributed by atoms with Crippen molar-refractivity contribution < 1.29 is 4.74 Å². The van der Waals surface area contributed by atoms with Gasteiger partial charge in [0.25, 0.3) is 0 Å². The minimum atomic E-state index is 0.392. The number of fused-ring (bicyclic) bond motifs is 6. The first-order chi connectivity index (χ1) is 12.8. The number of likely N-dealkylation sites (tertiary alicyclic amines) is 1. The van der Waals surface area contributed by atoms with E-state index in [4.69, 9.17) is 4.74 Å². The maximum absolute atomic E-state index is 6.15. The van der Waals surface area contributed by atoms with Crippen molar-refractivity contribution in [1.29, 1.82) is 0 Å². The summed E-state index contributed by atoms with van der Waals surface area (Å²) in [6.45, 7) is 3.63. The molecule has 1 aromatic carbocycles. The summed E-state index contributed by atoms with van der Waals surface area (Å²) in [4.78, 5) is 2.90. The minimum absolute atomic E-state index is 0.392. The van der Waals surface area contributed by atoms with E-state index in [0.717, 1.165) is 30.4 Å². The lowest BCUT2D eigenvalue weighted by molar-refractivity contribution is 0.0356. The van der Waals surface area contributed by atoms with Crippen LogP contribution in [-0.4, -0.2) is 30.6 Å². The third-order valence-corrected chi connectivity index (χ3v) is 8.84. The third kappa shape index (κ3) is 2.44. The molecule has 2 aliphatic heterocycles. The standard InChI is InChI=1S/C24H33NO/c1-2-4-22-21(3-1)23-19(7-12-26-23)16-24(22)8-10-25(11-9-24)20-14-17-5-6-18(13-17)15-20/h1-4,17-20,23H,5-16H2. The zero-order valence-electron chi connectivity index (χ0n) is 16.0. The van der Waals surface area contributed by atoms with Crippen LogP contribution >= 0.6 is 0 Å². The summed E-state index contributed by atoms with van der Waals surface area (Å²) in [6.07, 6.45) is 13.4. The number of piperidine rings is 1. The highest BCUT2D eigenvalue weighted by Gasteiger charge is 2.49. The van der Waals surface area contributed by atoms with Gasteiger partial charge < -0.3 is 9.64 Å². The summed E-state index contributed by atoms with van der Waals surface area (Å²) >= 11 is 0. The Morgan fingerprint density at radius 2 is 1.69 bits per heavy atom. The maximum Gasteiger partial charge on any atom is 0.0857 e. The second kappa shape index (κ2) is 6.07. The van der Waals surface area contributed by atoms with Crippen LogP contribution in [-0.2, 0) is 10.2 Å². The van der Waals surface area contributed by atoms with Crippen molar-refractivity contribution in [3.63, 3.8) is 0 Å². The molecular weight excluding hydrogens is 318 g/mol. The number of benzene rings is 1. The normalized spacial score (nSPS) is 41.2. The Kier molecular flexibility index (Phi) is 3.77. The van der Waals surface area contributed by atoms with Gasteiger partial charge in [0, 0.05) is 12.6 Å². The molecule has 5 aliphatic rings. The van der Waals surface area contributed by atoms with Crippen LogP contribution in [0.25, 0.3) is 0 Å². The van der Waals surface area contributed by atoms with E-state index in [-0.39, 0.29) is 0 Å². The van der Waals surface area contributed by atoms with E-state index in [0.29, 0.717) is 11.5 Å². The largest absolute Gasteiger partial charge is 0.373 e. The predicted octanol–water partition coefficient (Wildman–Crippen LogP) is 5.08. The second-order valence-electron chi connectivity index (χ2n) is 10.1. The van der Waals surface area contributed by atoms with E-state index >= 15 is 0 Å². The Morgan fingerprint density at radius 3 is 2.50 bits per heavy atom. The third-order valence-electron chi connectivity index (χ3n) is 8.84. The monoisotopic (exact) mass is 351 g/mol. The molecule has 1 aromatic rings. The van der Waals surface area contributed by atoms with Gasteiger partial charge in [-0.1, -0.05) is 37.1 Å². The molecule has 0 radical (unpaired) electrons. The van der Waals surface area contributed by atoms with Crippen molar-refractivity contribution in [2.75, 3.05) is 19.7 Å². The fourth-order valence-electron chi connectivity index (χ4n) is 7.59. The van der Waals surface area contributed by atoms with Gasteiger partial charge in [0.1, 0.15) is 0 Å². The van der Waals surface area contributed by atoms with Crippen LogP contribution in [0.2, 0.25) is 0 Å². The van der Waals surface area contributed by atoms with E-state index in [9.17, 15) is 0 Å². The van der Waals surface area contributed by atoms with Gasteiger partial charge in [-0.3, -0.25) is 0 Å². The molecule has 2 nitrogen and oxygen atoms in total. The van der Waals surface area contributed by atoms with Crippen molar-refractivity contribution in [2.24, 2.45) is 17.8 Å². The first-order valence-electron chi connectivity index (χ1n) is 11.3. The number of hydrogen-bond donors (Lipinski definition) is 0. The highest BCUT2D eigenvalue weighted by Crippen LogP contribution is 2.55. The van der Waals surface area contributed by atoms with Crippen LogP contribution in [0.5, 0.6) is 0 Å². The van der Waals surface area contributed by atoms with Gasteiger partial charge in [-0.2, -0.15) is 0 Å². The quantitative estimate of drug-likeness (QED) is 0.699. The van der Waals surface area contributed by atoms with Crippen LogP contribution in [0.4, 0.5) is 0 Å². The summed E-state index contributed by atoms with van der Waals surface area (Å²) in [6, 6.07) is 10.2. The average molecular weight is 352 g/mol. The van der Waals surface area contributed by atoms with Gasteiger partial charge in [0.05, 0.1) is 6.10 Å². The van der Waals surface area contributed by atoms with Crippen molar-refractivity contribution in [3.05, 3.63) is 35.4 Å². The first-order valence-corrected chi connectivity index (χ1v) is 11.3. The lowest BCUT2D eigenvalue weighted by Gasteiger charge is -2.50. The zero-order chi connectivity index (χ0) is 17.1. The number of ether oxygens (including phenoxy) is 1. The first kappa shape index (κ1) is 16.1. The summed E-state index contributed by atoms with van der Waals surface area (Å²) < 4.78 is 6.15. The van der Waals surface area contributed by atoms with Gasteiger partial charge in [0.15, 0.2) is 0 Å². The van der Waals surface area contributed by atoms with Crippen LogP contribution in [0.15, 0.2) is 24.3 Å². The molecule has 0 N–H and O–H groups in total. The smallest absolute Gasteiger partial charge is 0.0857 e. The Labute approximate surface area is 158 Å². The highest BCUT2D eigenvalue weighted by atomic mass is 16.5. The SMILES string of the molecule is c1ccc2c(c1)C1OCCC1CC21CCN(C2CC3CCC(C3)C2)CC1. The summed E-state index contributed by atoms with van der Waals surface area (Å²) in [5.74, 6) is 2.88. The molecule has 0 amide bonds. The molecule has 4 fully saturated rings. The van der Waals surface area contributed by atoms with Gasteiger partial charge in [-0.05, 0) is 92.3 Å². The van der Waals surface area contributed by atoms with Crippen LogP contribution in [0.1, 0.15) is 75.0 Å². The van der Waals surface area contributed by atoms with Crippen molar-refractivity contribution in [3.8, 4) is 0 Å². The Bertz CT molecular complexity index is 665. The lowest BCUT2D eigenvalue weighted by atomic mass is 9.60. The van der Waals surface area contributed by atoms with Gasteiger partial charge in [-0.25, -0.2) is 0 Å². The van der Waals surface area contributed by atoms with E-state index in [1.165, 1.54) is 70.0 Å². The van der Waals surface area contributed by atoms with Crippen LogP contribution < -0.4 is 0 Å². The number of rotatable bonds is 1. The lowest BCUT2D eigenvalue weighted by Crippen LogP contribution is -2.50. The summed E-state index contributed by atoms with van der Waals surface area (Å²) in [5.41, 5.74) is 3.62. The Morgan fingerprint density at radius 1 is 0.923 bits per heavy atom. The molecule has 1 spiro atoms. The van der Waals surface area contributed by atoms with Crippen LogP contribution in [0, 0.1) is 17.8 Å². The second-order valence-corrected chi connectivity index (χ2v) is 10.1. The zero-order valence-corrected chi connectivity index (χ0v) is 16.0. The van der Waals surface area contributed by atoms with E-state index in [2.05, 4.69) is 29.2 Å². The fraction of sp³-hybridized carbons (Fsp3) is 0.750. The van der Waals surface area contributed by atoms with Gasteiger partial charge >= 0.3 is 0 Å². The maximum atomic E-state index is 6.15. The van der Waals surface area contributed by atoms with E-state index in [1.807, 2.05) is 0 Å². The fourth-order valence-corrected chi connectivity index (χ4v) is 7.59. The van der Waals surface area contributed by atoms with E-state index in [1.54, 1.807) is 12.0 Å². The van der Waals surface area contributed by atoms with E-state index < -0.39 is 0 Å². The van der Waals surface area contributed by atoms with Crippen LogP contribution in [0.3, 0.4) is 0 Å². The molecule has 2 saturated carbocycles. The molecule has 2 heteroatoms. The Balaban J connectivity index is 1.24. The molecule has 0 aromatic heterocycles. The Hall–Kier alpha value is -0.860. The molecule has 2 heterocycles. The van der Waals surface area contributed by atoms with Gasteiger partial charge in [0.2, 0.25) is 0 Å². The summed E-state index contributed by atoms with van der Waals surface area (Å²) in [7, 11) is 0. The average Bonchev–Trinajstić information content (AvgIpc) is 3.28. The molecule has 2 bridgehead atoms. The molecular formula is C24H33NO. The van der Waals surface area contributed by atoms with Crippen molar-refractivity contribution >= 4 is 0 Å². The molecule has 4 unspecified atom stereocenters. The molecule has 4 atom stereocenters. The number of nitrogens with zero attached hydrogens (tertiary/aromatic N) is 1. The molecule has 26 heavy (non-hydrogen) atoms. The minimum Gasteiger partial charge on any atom is -0.373 e. The number of hydrogen-bond acceptors (Lipinski definition) is 2. The molecule has 3 aliphatic carbocycles.